The van der Waals surface area contributed by atoms with Crippen LogP contribution in [-0.4, -0.2) is 18.7 Å². The van der Waals surface area contributed by atoms with Gasteiger partial charge in [-0.05, 0) is 117 Å². The minimum atomic E-state index is -0.152. The fourth-order valence-electron chi connectivity index (χ4n) is 14.5. The quantitative estimate of drug-likeness (QED) is 0.152. The van der Waals surface area contributed by atoms with Crippen molar-refractivity contribution in [3.63, 3.8) is 0 Å². The molecule has 12 aromatic rings. The van der Waals surface area contributed by atoms with Crippen molar-refractivity contribution in [1.29, 1.82) is 0 Å². The van der Waals surface area contributed by atoms with E-state index in [0.29, 0.717) is 0 Å². The maximum atomic E-state index is 2.70. The average Bonchev–Trinajstić information content (AvgIpc) is 4.07. The Hall–Kier alpha value is -8.26. The molecule has 8 aliphatic rings. The molecule has 8 heterocycles. The van der Waals surface area contributed by atoms with Gasteiger partial charge in [0.2, 0.25) is 0 Å². The van der Waals surface area contributed by atoms with Gasteiger partial charge in [0.15, 0.2) is 0 Å². The van der Waals surface area contributed by atoms with Gasteiger partial charge in [0.25, 0.3) is 0 Å². The molecule has 0 spiro atoms. The summed E-state index contributed by atoms with van der Waals surface area (Å²) in [5.41, 5.74) is 20.5. The number of anilines is 10. The highest BCUT2D eigenvalue weighted by atomic mass is 32.2. The molecule has 0 bridgehead atoms. The Labute approximate surface area is 387 Å². The maximum absolute atomic E-state index is 2.70. The van der Waals surface area contributed by atoms with Crippen LogP contribution in [0.1, 0.15) is 11.1 Å². The van der Waals surface area contributed by atoms with Crippen molar-refractivity contribution in [3.05, 3.63) is 169 Å². The third kappa shape index (κ3) is 3.28. The molecule has 7 aliphatic heterocycles. The van der Waals surface area contributed by atoms with Gasteiger partial charge in [0.05, 0.1) is 28.1 Å². The van der Waals surface area contributed by atoms with Gasteiger partial charge in [-0.3, -0.25) is 0 Å². The van der Waals surface area contributed by atoms with E-state index in [-0.39, 0.29) is 14.2 Å². The van der Waals surface area contributed by atoms with Gasteiger partial charge < -0.3 is 28.5 Å². The Bertz CT molecular complexity index is 4610. The summed E-state index contributed by atoms with van der Waals surface area (Å²) in [5.74, 6) is 0. The molecule has 20 rings (SSSR count). The summed E-state index contributed by atoms with van der Waals surface area (Å²) >= 11 is 1.94. The molecule has 1 aromatic heterocycles. The van der Waals surface area contributed by atoms with Crippen molar-refractivity contribution in [3.8, 4) is 11.1 Å². The summed E-state index contributed by atoms with van der Waals surface area (Å²) in [7, 11) is -0.179. The zero-order chi connectivity index (χ0) is 42.4. The predicted octanol–water partition coefficient (Wildman–Crippen LogP) is 15.4. The number of fused-ring (bicyclic) bond motifs is 9. The van der Waals surface area contributed by atoms with Crippen LogP contribution in [0.5, 0.6) is 0 Å². The van der Waals surface area contributed by atoms with Crippen LogP contribution in [0.4, 0.5) is 56.9 Å². The molecular formula is C58H28B2N6S. The number of hydrogen-bond acceptors (Lipinski definition) is 6. The van der Waals surface area contributed by atoms with Gasteiger partial charge in [-0.2, -0.15) is 0 Å². The molecule has 0 N–H and O–H groups in total. The van der Waals surface area contributed by atoms with Crippen molar-refractivity contribution in [2.75, 3.05) is 24.1 Å². The van der Waals surface area contributed by atoms with E-state index in [2.05, 4.69) is 198 Å². The lowest BCUT2D eigenvalue weighted by atomic mass is 9.69. The van der Waals surface area contributed by atoms with Crippen LogP contribution in [0.2, 0.25) is 0 Å². The van der Waals surface area contributed by atoms with Crippen molar-refractivity contribution >= 4 is 171 Å². The van der Waals surface area contributed by atoms with Crippen LogP contribution in [-0.2, 0) is 0 Å². The highest BCUT2D eigenvalue weighted by molar-refractivity contribution is 7.99. The van der Waals surface area contributed by atoms with Gasteiger partial charge in [0.1, 0.15) is 0 Å². The highest BCUT2D eigenvalue weighted by Gasteiger charge is 2.55. The molecule has 0 radical (unpaired) electrons. The van der Waals surface area contributed by atoms with Crippen LogP contribution in [0.15, 0.2) is 168 Å². The first kappa shape index (κ1) is 32.4. The molecule has 0 saturated heterocycles. The summed E-state index contributed by atoms with van der Waals surface area (Å²) in [6, 6.07) is 61.2. The van der Waals surface area contributed by atoms with Crippen LogP contribution in [0.25, 0.3) is 98.9 Å². The Morgan fingerprint density at radius 2 is 0.866 bits per heavy atom. The molecule has 1 aliphatic carbocycles. The Morgan fingerprint density at radius 3 is 1.58 bits per heavy atom. The summed E-state index contributed by atoms with van der Waals surface area (Å²) < 4.78 is 2.69. The summed E-state index contributed by atoms with van der Waals surface area (Å²) in [4.78, 5) is 16.0. The van der Waals surface area contributed by atoms with E-state index < -0.39 is 0 Å². The van der Waals surface area contributed by atoms with Crippen molar-refractivity contribution in [1.82, 2.24) is 4.48 Å². The second kappa shape index (κ2) is 10.2. The Kier molecular flexibility index (Phi) is 4.95. The second-order valence-corrected chi connectivity index (χ2v) is 20.7. The van der Waals surface area contributed by atoms with Crippen LogP contribution < -0.4 is 24.1 Å². The number of nitrogens with zero attached hydrogens (tertiary/aromatic N) is 6. The maximum Gasteiger partial charge on any atom is 0.519 e. The van der Waals surface area contributed by atoms with E-state index in [1.54, 1.807) is 0 Å². The minimum absolute atomic E-state index is 0.0265. The van der Waals surface area contributed by atoms with E-state index in [1.165, 1.54) is 165 Å². The Morgan fingerprint density at radius 1 is 0.328 bits per heavy atom. The zero-order valence-corrected chi connectivity index (χ0v) is 36.2. The van der Waals surface area contributed by atoms with Crippen LogP contribution >= 0.6 is 11.8 Å². The van der Waals surface area contributed by atoms with E-state index >= 15 is 0 Å². The van der Waals surface area contributed by atoms with Crippen molar-refractivity contribution in [2.24, 2.45) is 0 Å². The van der Waals surface area contributed by atoms with Crippen LogP contribution in [0.3, 0.4) is 0 Å². The largest absolute Gasteiger partial charge is 0.519 e. The van der Waals surface area contributed by atoms with Gasteiger partial charge in [-0.1, -0.05) is 109 Å². The van der Waals surface area contributed by atoms with Gasteiger partial charge in [-0.15, -0.1) is 0 Å². The first-order valence-corrected chi connectivity index (χ1v) is 24.2. The van der Waals surface area contributed by atoms with Crippen molar-refractivity contribution in [2.45, 2.75) is 9.79 Å². The number of aromatic nitrogens is 1. The molecule has 0 unspecified atom stereocenters. The van der Waals surface area contributed by atoms with Crippen molar-refractivity contribution < 1.29 is 0 Å². The van der Waals surface area contributed by atoms with Gasteiger partial charge >= 0.3 is 14.2 Å². The molecule has 302 valence electrons. The summed E-state index contributed by atoms with van der Waals surface area (Å²) in [6.07, 6.45) is 4.59. The molecular weight excluding hydrogens is 834 g/mol. The third-order valence-corrected chi connectivity index (χ3v) is 17.9. The SMILES string of the molecule is C1=Cc2ccc3c4c(ccc1c24)N1B2N(c4cccc5cccc1c45)c1cccc4cc(-c5cc6c7c(c5)c5ccc8ccc9c%10c8c5n7B5N%10c7c(ccc8cccc(c78)N56)S9)cc(c14)N23. The highest BCUT2D eigenvalue weighted by Crippen LogP contribution is 2.65. The normalized spacial score (nSPS) is 16.0. The summed E-state index contributed by atoms with van der Waals surface area (Å²) in [6.45, 7) is 0. The zero-order valence-electron chi connectivity index (χ0n) is 35.4. The number of benzene rings is 11. The van der Waals surface area contributed by atoms with E-state index in [9.17, 15) is 0 Å². The fraction of sp³-hybridized carbons (Fsp3) is 0. The van der Waals surface area contributed by atoms with E-state index in [1.807, 2.05) is 11.8 Å². The lowest BCUT2D eigenvalue weighted by molar-refractivity contribution is 1.14. The molecule has 0 amide bonds. The van der Waals surface area contributed by atoms with E-state index in [0.717, 1.165) is 0 Å². The average molecular weight is 863 g/mol. The molecule has 0 fully saturated rings. The van der Waals surface area contributed by atoms with Crippen LogP contribution in [0, 0.1) is 0 Å². The number of hydrogen-bond donors (Lipinski definition) is 0. The first-order chi connectivity index (χ1) is 33.2. The molecule has 0 saturated carbocycles. The second-order valence-electron chi connectivity index (χ2n) is 19.6. The third-order valence-electron chi connectivity index (χ3n) is 16.8. The first-order valence-electron chi connectivity index (χ1n) is 23.4. The van der Waals surface area contributed by atoms with Gasteiger partial charge in [-0.25, -0.2) is 0 Å². The predicted molar refractivity (Wildman–Crippen MR) is 282 cm³/mol. The molecule has 67 heavy (non-hydrogen) atoms. The van der Waals surface area contributed by atoms with Gasteiger partial charge in [0, 0.05) is 92.7 Å². The number of rotatable bonds is 1. The molecule has 0 atom stereocenters. The molecule has 6 nitrogen and oxygen atoms in total. The fourth-order valence-corrected chi connectivity index (χ4v) is 15.6. The molecule has 9 heteroatoms. The lowest BCUT2D eigenvalue weighted by Gasteiger charge is -2.54. The molecule has 11 aromatic carbocycles. The summed E-state index contributed by atoms with van der Waals surface area (Å²) in [5, 5.41) is 15.7. The smallest absolute Gasteiger partial charge is 0.344 e. The Balaban J connectivity index is 0.912. The lowest BCUT2D eigenvalue weighted by Crippen LogP contribution is -2.64. The monoisotopic (exact) mass is 862 g/mol. The standard InChI is InChI=1S/C58H28B2N6S/c1-5-29-6-2-10-40-50(29)39(9-1)61-41-11-4-8-34-25-35(27-45(51(34)41)63-44-22-17-32-14-13-31-16-21-43(54(44)49(31)32)62(40)59(61)63)36-26-38-37-20-15-33-19-24-48-58-53(33)56(37)65-55(38)46(28-36)64-42-12-3-7-30-18-23-47(67-48)57(52(30)42)66(58)60(64)65/h1-28H. The van der Waals surface area contributed by atoms with E-state index in [4.69, 9.17) is 0 Å². The topological polar surface area (TPSA) is 21.1 Å². The minimum Gasteiger partial charge on any atom is -0.344 e.